The molecule has 0 spiro atoms. The topological polar surface area (TPSA) is 29.1 Å². The van der Waals surface area contributed by atoms with Crippen molar-refractivity contribution in [1.82, 2.24) is 5.32 Å². The largest absolute Gasteiger partial charge is 0.391 e. The first kappa shape index (κ1) is 14.7. The SMILES string of the molecule is O=C(NC1CCCCC1)C1CCCC(C(F)(F)F)C1. The molecule has 0 heterocycles. The highest BCUT2D eigenvalue weighted by molar-refractivity contribution is 5.79. The lowest BCUT2D eigenvalue weighted by Crippen LogP contribution is -2.42. The molecule has 2 unspecified atom stereocenters. The molecule has 5 heteroatoms. The van der Waals surface area contributed by atoms with Crippen molar-refractivity contribution < 1.29 is 18.0 Å². The van der Waals surface area contributed by atoms with E-state index in [1.54, 1.807) is 0 Å². The summed E-state index contributed by atoms with van der Waals surface area (Å²) in [6.07, 6.45) is 2.48. The van der Waals surface area contributed by atoms with Gasteiger partial charge in [-0.2, -0.15) is 13.2 Å². The van der Waals surface area contributed by atoms with E-state index in [4.69, 9.17) is 0 Å². The first-order valence-corrected chi connectivity index (χ1v) is 7.34. The average Bonchev–Trinajstić information content (AvgIpc) is 2.39. The Hall–Kier alpha value is -0.740. The molecule has 0 radical (unpaired) electrons. The summed E-state index contributed by atoms with van der Waals surface area (Å²) in [5.74, 6) is -1.88. The molecule has 19 heavy (non-hydrogen) atoms. The number of hydrogen-bond donors (Lipinski definition) is 1. The number of nitrogens with one attached hydrogen (secondary N) is 1. The molecule has 110 valence electrons. The fourth-order valence-electron chi connectivity index (χ4n) is 3.29. The third-order valence-corrected chi connectivity index (χ3v) is 4.46. The first-order valence-electron chi connectivity index (χ1n) is 7.34. The number of carbonyl (C=O) groups excluding carboxylic acids is 1. The smallest absolute Gasteiger partial charge is 0.353 e. The number of rotatable bonds is 2. The third-order valence-electron chi connectivity index (χ3n) is 4.46. The number of amides is 1. The molecular weight excluding hydrogens is 255 g/mol. The molecule has 0 saturated heterocycles. The maximum absolute atomic E-state index is 12.7. The zero-order valence-corrected chi connectivity index (χ0v) is 11.1. The maximum atomic E-state index is 12.7. The molecule has 1 amide bonds. The second-order valence-corrected chi connectivity index (χ2v) is 5.95. The van der Waals surface area contributed by atoms with Crippen molar-refractivity contribution in [2.45, 2.75) is 70.0 Å². The Kier molecular flexibility index (Phi) is 4.74. The van der Waals surface area contributed by atoms with Crippen molar-refractivity contribution in [3.8, 4) is 0 Å². The fourth-order valence-corrected chi connectivity index (χ4v) is 3.29. The molecular formula is C14H22F3NO. The molecule has 0 aromatic rings. The van der Waals surface area contributed by atoms with Gasteiger partial charge in [0.15, 0.2) is 0 Å². The Morgan fingerprint density at radius 2 is 1.63 bits per heavy atom. The Morgan fingerprint density at radius 1 is 0.947 bits per heavy atom. The minimum absolute atomic E-state index is 0.0257. The van der Waals surface area contributed by atoms with E-state index < -0.39 is 18.0 Å². The summed E-state index contributed by atoms with van der Waals surface area (Å²) in [6, 6.07) is 0.188. The van der Waals surface area contributed by atoms with E-state index in [0.717, 1.165) is 25.7 Å². The van der Waals surface area contributed by atoms with E-state index in [0.29, 0.717) is 12.8 Å². The summed E-state index contributed by atoms with van der Waals surface area (Å²) >= 11 is 0. The first-order chi connectivity index (χ1) is 8.97. The van der Waals surface area contributed by atoms with Gasteiger partial charge in [0.05, 0.1) is 5.92 Å². The molecule has 2 saturated carbocycles. The van der Waals surface area contributed by atoms with Crippen molar-refractivity contribution in [1.29, 1.82) is 0 Å². The molecule has 0 aromatic heterocycles. The molecule has 0 aliphatic heterocycles. The molecule has 2 fully saturated rings. The van der Waals surface area contributed by atoms with Gasteiger partial charge in [0.1, 0.15) is 0 Å². The van der Waals surface area contributed by atoms with Crippen LogP contribution < -0.4 is 5.32 Å². The van der Waals surface area contributed by atoms with Crippen LogP contribution in [-0.4, -0.2) is 18.1 Å². The zero-order chi connectivity index (χ0) is 13.9. The zero-order valence-electron chi connectivity index (χ0n) is 11.1. The maximum Gasteiger partial charge on any atom is 0.391 e. The van der Waals surface area contributed by atoms with Gasteiger partial charge in [0.2, 0.25) is 5.91 Å². The van der Waals surface area contributed by atoms with Gasteiger partial charge < -0.3 is 5.32 Å². The highest BCUT2D eigenvalue weighted by atomic mass is 19.4. The van der Waals surface area contributed by atoms with Gasteiger partial charge in [0.25, 0.3) is 0 Å². The molecule has 0 aromatic carbocycles. The molecule has 1 N–H and O–H groups in total. The summed E-state index contributed by atoms with van der Waals surface area (Å²) in [7, 11) is 0. The van der Waals surface area contributed by atoms with Crippen molar-refractivity contribution in [2.75, 3.05) is 0 Å². The highest BCUT2D eigenvalue weighted by Crippen LogP contribution is 2.40. The number of alkyl halides is 3. The van der Waals surface area contributed by atoms with Crippen LogP contribution in [0.4, 0.5) is 13.2 Å². The van der Waals surface area contributed by atoms with Gasteiger partial charge in [-0.3, -0.25) is 4.79 Å². The van der Waals surface area contributed by atoms with E-state index >= 15 is 0 Å². The van der Waals surface area contributed by atoms with E-state index in [9.17, 15) is 18.0 Å². The van der Waals surface area contributed by atoms with Gasteiger partial charge in [0, 0.05) is 12.0 Å². The highest BCUT2D eigenvalue weighted by Gasteiger charge is 2.43. The van der Waals surface area contributed by atoms with Crippen LogP contribution in [0.1, 0.15) is 57.8 Å². The minimum atomic E-state index is -4.15. The van der Waals surface area contributed by atoms with Crippen LogP contribution in [0.5, 0.6) is 0 Å². The monoisotopic (exact) mass is 277 g/mol. The van der Waals surface area contributed by atoms with Crippen molar-refractivity contribution in [3.05, 3.63) is 0 Å². The van der Waals surface area contributed by atoms with E-state index in [-0.39, 0.29) is 24.8 Å². The van der Waals surface area contributed by atoms with Crippen LogP contribution in [0.2, 0.25) is 0 Å². The quantitative estimate of drug-likeness (QED) is 0.817. The average molecular weight is 277 g/mol. The molecule has 2 rings (SSSR count). The summed E-state index contributed by atoms with van der Waals surface area (Å²) < 4.78 is 38.1. The summed E-state index contributed by atoms with van der Waals surface area (Å²) in [6.45, 7) is 0. The van der Waals surface area contributed by atoms with Gasteiger partial charge >= 0.3 is 6.18 Å². The summed E-state index contributed by atoms with van der Waals surface area (Å²) in [5, 5.41) is 2.95. The Bertz CT molecular complexity index is 310. The minimum Gasteiger partial charge on any atom is -0.353 e. The van der Waals surface area contributed by atoms with Crippen LogP contribution in [0.3, 0.4) is 0 Å². The van der Waals surface area contributed by atoms with Crippen molar-refractivity contribution >= 4 is 5.91 Å². The van der Waals surface area contributed by atoms with Crippen molar-refractivity contribution in [2.24, 2.45) is 11.8 Å². The lowest BCUT2D eigenvalue weighted by atomic mass is 9.80. The van der Waals surface area contributed by atoms with Gasteiger partial charge in [-0.25, -0.2) is 0 Å². The van der Waals surface area contributed by atoms with Crippen LogP contribution >= 0.6 is 0 Å². The Labute approximate surface area is 112 Å². The predicted octanol–water partition coefficient (Wildman–Crippen LogP) is 3.80. The van der Waals surface area contributed by atoms with E-state index in [1.165, 1.54) is 6.42 Å². The Morgan fingerprint density at radius 3 is 2.26 bits per heavy atom. The predicted molar refractivity (Wildman–Crippen MR) is 66.5 cm³/mol. The number of halogens is 3. The van der Waals surface area contributed by atoms with Crippen LogP contribution in [0.25, 0.3) is 0 Å². The molecule has 0 bridgehead atoms. The molecule has 2 aliphatic carbocycles. The van der Waals surface area contributed by atoms with Crippen molar-refractivity contribution in [3.63, 3.8) is 0 Å². The molecule has 2 nitrogen and oxygen atoms in total. The second kappa shape index (κ2) is 6.14. The fraction of sp³-hybridized carbons (Fsp3) is 0.929. The normalized spacial score (nSPS) is 30.1. The lowest BCUT2D eigenvalue weighted by molar-refractivity contribution is -0.186. The molecule has 2 aliphatic rings. The number of carbonyl (C=O) groups is 1. The third kappa shape index (κ3) is 4.11. The van der Waals surface area contributed by atoms with Gasteiger partial charge in [-0.15, -0.1) is 0 Å². The summed E-state index contributed by atoms with van der Waals surface area (Å²) in [4.78, 5) is 12.1. The second-order valence-electron chi connectivity index (χ2n) is 5.95. The Balaban J connectivity index is 1.84. The van der Waals surface area contributed by atoms with Gasteiger partial charge in [-0.05, 0) is 32.1 Å². The van der Waals surface area contributed by atoms with E-state index in [2.05, 4.69) is 5.32 Å². The van der Waals surface area contributed by atoms with Crippen LogP contribution in [-0.2, 0) is 4.79 Å². The van der Waals surface area contributed by atoms with Gasteiger partial charge in [-0.1, -0.05) is 25.7 Å². The van der Waals surface area contributed by atoms with Crippen LogP contribution in [0.15, 0.2) is 0 Å². The van der Waals surface area contributed by atoms with E-state index in [1.807, 2.05) is 0 Å². The standard InChI is InChI=1S/C14H22F3NO/c15-14(16,17)11-6-4-5-10(9-11)13(19)18-12-7-2-1-3-8-12/h10-12H,1-9H2,(H,18,19). The molecule has 2 atom stereocenters. The lowest BCUT2D eigenvalue weighted by Gasteiger charge is -2.31. The summed E-state index contributed by atoms with van der Waals surface area (Å²) in [5.41, 5.74) is 0. The van der Waals surface area contributed by atoms with Crippen LogP contribution in [0, 0.1) is 11.8 Å². The number of hydrogen-bond acceptors (Lipinski definition) is 1.